The summed E-state index contributed by atoms with van der Waals surface area (Å²) in [6.45, 7) is 5.68. The van der Waals surface area contributed by atoms with E-state index in [-0.39, 0.29) is 0 Å². The largest absolute Gasteiger partial charge is 0.495 e. The molecule has 1 N–H and O–H groups in total. The van der Waals surface area contributed by atoms with E-state index in [0.29, 0.717) is 0 Å². The number of methoxy groups -OCH3 is 2. The normalized spacial score (nSPS) is 10.6. The van der Waals surface area contributed by atoms with Gasteiger partial charge in [-0.2, -0.15) is 0 Å². The smallest absolute Gasteiger partial charge is 0.142 e. The Hall–Kier alpha value is -1.26. The Bertz CT molecular complexity index is 383. The Kier molecular flexibility index (Phi) is 8.07. The molecular formula is C16H28N2O2. The summed E-state index contributed by atoms with van der Waals surface area (Å²) < 4.78 is 10.5. The number of nitrogens with zero attached hydrogens (tertiary/aromatic N) is 1. The van der Waals surface area contributed by atoms with E-state index in [1.165, 1.54) is 18.4 Å². The molecule has 4 heteroatoms. The van der Waals surface area contributed by atoms with Gasteiger partial charge in [-0.05, 0) is 24.1 Å². The number of nitrogens with one attached hydrogen (secondary N) is 1. The van der Waals surface area contributed by atoms with Crippen molar-refractivity contribution in [2.45, 2.75) is 26.3 Å². The summed E-state index contributed by atoms with van der Waals surface area (Å²) in [7, 11) is 5.56. The maximum atomic E-state index is 5.52. The SMILES string of the molecule is CCCCN(C)c1ccc(CNCCOC)cc1OC. The van der Waals surface area contributed by atoms with Gasteiger partial charge in [0.25, 0.3) is 0 Å². The van der Waals surface area contributed by atoms with E-state index in [1.807, 2.05) is 0 Å². The van der Waals surface area contributed by atoms with Crippen molar-refractivity contribution in [2.24, 2.45) is 0 Å². The van der Waals surface area contributed by atoms with Crippen LogP contribution in [0.15, 0.2) is 18.2 Å². The minimum atomic E-state index is 0.731. The third kappa shape index (κ3) is 5.39. The van der Waals surface area contributed by atoms with Crippen LogP contribution in [-0.4, -0.2) is 41.0 Å². The number of unbranched alkanes of at least 4 members (excludes halogenated alkanes) is 1. The maximum absolute atomic E-state index is 5.52. The molecule has 0 unspecified atom stereocenters. The molecule has 0 aliphatic rings. The van der Waals surface area contributed by atoms with E-state index >= 15 is 0 Å². The molecule has 0 aromatic heterocycles. The lowest BCUT2D eigenvalue weighted by molar-refractivity contribution is 0.199. The first-order valence-corrected chi connectivity index (χ1v) is 7.30. The van der Waals surface area contributed by atoms with Crippen molar-refractivity contribution in [3.8, 4) is 5.75 Å². The Morgan fingerprint density at radius 1 is 1.25 bits per heavy atom. The lowest BCUT2D eigenvalue weighted by atomic mass is 10.1. The van der Waals surface area contributed by atoms with Crippen LogP contribution < -0.4 is 15.0 Å². The molecule has 0 spiro atoms. The van der Waals surface area contributed by atoms with Crippen molar-refractivity contribution in [1.82, 2.24) is 5.32 Å². The summed E-state index contributed by atoms with van der Waals surface area (Å²) >= 11 is 0. The number of ether oxygens (including phenoxy) is 2. The van der Waals surface area contributed by atoms with E-state index in [4.69, 9.17) is 9.47 Å². The highest BCUT2D eigenvalue weighted by Gasteiger charge is 2.08. The minimum Gasteiger partial charge on any atom is -0.495 e. The molecule has 1 aromatic rings. The molecule has 0 aliphatic heterocycles. The standard InChI is InChI=1S/C16H28N2O2/c1-5-6-10-18(2)15-8-7-14(12-16(15)20-4)13-17-9-11-19-3/h7-8,12,17H,5-6,9-11,13H2,1-4H3. The van der Waals surface area contributed by atoms with Gasteiger partial charge >= 0.3 is 0 Å². The molecule has 20 heavy (non-hydrogen) atoms. The highest BCUT2D eigenvalue weighted by Crippen LogP contribution is 2.28. The average molecular weight is 280 g/mol. The summed E-state index contributed by atoms with van der Waals surface area (Å²) in [5, 5.41) is 3.34. The van der Waals surface area contributed by atoms with Crippen LogP contribution in [0, 0.1) is 0 Å². The van der Waals surface area contributed by atoms with E-state index in [2.05, 4.69) is 42.4 Å². The summed E-state index contributed by atoms with van der Waals surface area (Å²) in [5.74, 6) is 0.939. The first-order chi connectivity index (χ1) is 9.72. The molecule has 0 fully saturated rings. The van der Waals surface area contributed by atoms with Gasteiger partial charge in [-0.15, -0.1) is 0 Å². The Morgan fingerprint density at radius 3 is 2.70 bits per heavy atom. The first-order valence-electron chi connectivity index (χ1n) is 7.30. The van der Waals surface area contributed by atoms with Crippen molar-refractivity contribution in [3.63, 3.8) is 0 Å². The lowest BCUT2D eigenvalue weighted by Crippen LogP contribution is -2.20. The van der Waals surface area contributed by atoms with Crippen LogP contribution in [0.25, 0.3) is 0 Å². The Balaban J connectivity index is 2.64. The second-order valence-electron chi connectivity index (χ2n) is 4.95. The molecule has 0 bridgehead atoms. The number of hydrogen-bond acceptors (Lipinski definition) is 4. The molecule has 0 saturated carbocycles. The van der Waals surface area contributed by atoms with E-state index < -0.39 is 0 Å². The molecule has 0 atom stereocenters. The summed E-state index contributed by atoms with van der Waals surface area (Å²) in [5.41, 5.74) is 2.38. The fourth-order valence-corrected chi connectivity index (χ4v) is 2.07. The Morgan fingerprint density at radius 2 is 2.05 bits per heavy atom. The van der Waals surface area contributed by atoms with Gasteiger partial charge in [0.15, 0.2) is 0 Å². The van der Waals surface area contributed by atoms with Crippen molar-refractivity contribution in [3.05, 3.63) is 23.8 Å². The predicted octanol–water partition coefficient (Wildman–Crippen LogP) is 2.67. The third-order valence-electron chi connectivity index (χ3n) is 3.31. The van der Waals surface area contributed by atoms with Crippen LogP contribution in [0.4, 0.5) is 5.69 Å². The second kappa shape index (κ2) is 9.61. The fourth-order valence-electron chi connectivity index (χ4n) is 2.07. The number of hydrogen-bond donors (Lipinski definition) is 1. The highest BCUT2D eigenvalue weighted by molar-refractivity contribution is 5.59. The highest BCUT2D eigenvalue weighted by atomic mass is 16.5. The van der Waals surface area contributed by atoms with Crippen LogP contribution in [-0.2, 0) is 11.3 Å². The number of rotatable bonds is 10. The molecule has 1 aromatic carbocycles. The molecule has 0 heterocycles. The zero-order valence-electron chi connectivity index (χ0n) is 13.2. The van der Waals surface area contributed by atoms with Gasteiger partial charge in [0.2, 0.25) is 0 Å². The zero-order valence-corrected chi connectivity index (χ0v) is 13.2. The van der Waals surface area contributed by atoms with Gasteiger partial charge in [0.05, 0.1) is 19.4 Å². The van der Waals surface area contributed by atoms with Gasteiger partial charge in [-0.3, -0.25) is 0 Å². The molecule has 0 radical (unpaired) electrons. The summed E-state index contributed by atoms with van der Waals surface area (Å²) in [6, 6.07) is 6.40. The van der Waals surface area contributed by atoms with Crippen LogP contribution in [0.1, 0.15) is 25.3 Å². The molecule has 114 valence electrons. The molecule has 0 saturated heterocycles. The fraction of sp³-hybridized carbons (Fsp3) is 0.625. The molecule has 4 nitrogen and oxygen atoms in total. The van der Waals surface area contributed by atoms with Gasteiger partial charge in [0, 0.05) is 33.8 Å². The van der Waals surface area contributed by atoms with Crippen LogP contribution in [0.5, 0.6) is 5.75 Å². The number of benzene rings is 1. The van der Waals surface area contributed by atoms with Crippen molar-refractivity contribution >= 4 is 5.69 Å². The van der Waals surface area contributed by atoms with E-state index in [1.54, 1.807) is 14.2 Å². The summed E-state index contributed by atoms with van der Waals surface area (Å²) in [6.07, 6.45) is 2.40. The molecule has 0 amide bonds. The zero-order chi connectivity index (χ0) is 14.8. The van der Waals surface area contributed by atoms with Gasteiger partial charge in [0.1, 0.15) is 5.75 Å². The number of anilines is 1. The van der Waals surface area contributed by atoms with Crippen molar-refractivity contribution in [2.75, 3.05) is 45.9 Å². The first kappa shape index (κ1) is 16.8. The van der Waals surface area contributed by atoms with Gasteiger partial charge in [-0.25, -0.2) is 0 Å². The Labute approximate surface area is 123 Å². The van der Waals surface area contributed by atoms with E-state index in [9.17, 15) is 0 Å². The van der Waals surface area contributed by atoms with E-state index in [0.717, 1.165) is 37.7 Å². The molecule has 1 rings (SSSR count). The maximum Gasteiger partial charge on any atom is 0.142 e. The van der Waals surface area contributed by atoms with Crippen LogP contribution in [0.2, 0.25) is 0 Å². The second-order valence-corrected chi connectivity index (χ2v) is 4.95. The third-order valence-corrected chi connectivity index (χ3v) is 3.31. The molecular weight excluding hydrogens is 252 g/mol. The predicted molar refractivity (Wildman–Crippen MR) is 84.8 cm³/mol. The van der Waals surface area contributed by atoms with Gasteiger partial charge < -0.3 is 19.7 Å². The topological polar surface area (TPSA) is 33.7 Å². The average Bonchev–Trinajstić information content (AvgIpc) is 2.49. The van der Waals surface area contributed by atoms with Crippen LogP contribution in [0.3, 0.4) is 0 Å². The lowest BCUT2D eigenvalue weighted by Gasteiger charge is -2.22. The summed E-state index contributed by atoms with van der Waals surface area (Å²) in [4.78, 5) is 2.25. The monoisotopic (exact) mass is 280 g/mol. The van der Waals surface area contributed by atoms with Crippen LogP contribution >= 0.6 is 0 Å². The molecule has 0 aliphatic carbocycles. The quantitative estimate of drug-likeness (QED) is 0.668. The van der Waals surface area contributed by atoms with Crippen molar-refractivity contribution < 1.29 is 9.47 Å². The van der Waals surface area contributed by atoms with Crippen molar-refractivity contribution in [1.29, 1.82) is 0 Å². The van der Waals surface area contributed by atoms with Gasteiger partial charge in [-0.1, -0.05) is 19.4 Å². The minimum absolute atomic E-state index is 0.731.